The van der Waals surface area contributed by atoms with Gasteiger partial charge in [-0.05, 0) is 44.5 Å². The molecule has 0 spiro atoms. The van der Waals surface area contributed by atoms with E-state index in [1.54, 1.807) is 0 Å². The molecule has 1 aliphatic carbocycles. The summed E-state index contributed by atoms with van der Waals surface area (Å²) >= 11 is 3.42. The van der Waals surface area contributed by atoms with Gasteiger partial charge >= 0.3 is 5.97 Å². The number of esters is 1. The van der Waals surface area contributed by atoms with Crippen LogP contribution in [0.4, 0.5) is 5.69 Å². The lowest BCUT2D eigenvalue weighted by atomic mass is 9.72. The number of nitrogens with zero attached hydrogens (tertiary/aromatic N) is 1. The Kier molecular flexibility index (Phi) is 4.82. The fraction of sp³-hybridized carbons (Fsp3) is 0.421. The van der Waals surface area contributed by atoms with Gasteiger partial charge in [-0.2, -0.15) is 0 Å². The monoisotopic (exact) mass is 405 g/mol. The van der Waals surface area contributed by atoms with Gasteiger partial charge in [0.2, 0.25) is 0 Å². The zero-order valence-corrected chi connectivity index (χ0v) is 16.0. The van der Waals surface area contributed by atoms with Gasteiger partial charge in [-0.3, -0.25) is 14.4 Å². The number of halogens is 1. The number of anilines is 1. The minimum atomic E-state index is -0.554. The molecule has 5 nitrogen and oxygen atoms in total. The standard InChI is InChI=1S/C19H20BrNO4/c1-10-19(11(2)22)15-8-16(17(24)9-18(15)25-12(3)23)21(10)14-6-4-13(20)5-7-14/h4-7,15-16,18H,8-9H2,1-3H3/t15-,16+,18+/m0/s1. The normalized spacial score (nSPS) is 25.8. The van der Waals surface area contributed by atoms with E-state index in [0.717, 1.165) is 15.9 Å². The second-order valence-electron chi connectivity index (χ2n) is 6.58. The van der Waals surface area contributed by atoms with Crippen LogP contribution in [0.5, 0.6) is 0 Å². The van der Waals surface area contributed by atoms with Crippen LogP contribution in [-0.4, -0.2) is 29.7 Å². The molecule has 1 aromatic carbocycles. The first-order valence-corrected chi connectivity index (χ1v) is 9.05. The molecular weight excluding hydrogens is 386 g/mol. The van der Waals surface area contributed by atoms with Crippen LogP contribution in [0.3, 0.4) is 0 Å². The van der Waals surface area contributed by atoms with Crippen molar-refractivity contribution in [1.82, 2.24) is 0 Å². The molecule has 132 valence electrons. The molecule has 25 heavy (non-hydrogen) atoms. The van der Waals surface area contributed by atoms with Crippen LogP contribution in [0.25, 0.3) is 0 Å². The zero-order valence-electron chi connectivity index (χ0n) is 14.4. The lowest BCUT2D eigenvalue weighted by molar-refractivity contribution is -0.152. The molecular formula is C19H20BrNO4. The number of allylic oxidation sites excluding steroid dienone is 1. The predicted molar refractivity (Wildman–Crippen MR) is 97.1 cm³/mol. The van der Waals surface area contributed by atoms with Crippen molar-refractivity contribution in [3.8, 4) is 0 Å². The number of carbonyl (C=O) groups excluding carboxylic acids is 3. The highest BCUT2D eigenvalue weighted by Gasteiger charge is 2.48. The number of ether oxygens (including phenoxy) is 1. The molecule has 1 heterocycles. The summed E-state index contributed by atoms with van der Waals surface area (Å²) in [6.07, 6.45) is 0.0765. The van der Waals surface area contributed by atoms with Gasteiger partial charge in [0.15, 0.2) is 11.6 Å². The van der Waals surface area contributed by atoms with E-state index in [9.17, 15) is 14.4 Å². The summed E-state index contributed by atoms with van der Waals surface area (Å²) in [5, 5.41) is 0. The fourth-order valence-electron chi connectivity index (χ4n) is 4.01. The van der Waals surface area contributed by atoms with Crippen LogP contribution in [0, 0.1) is 5.92 Å². The third-order valence-electron chi connectivity index (χ3n) is 4.94. The van der Waals surface area contributed by atoms with Gasteiger partial charge in [0, 0.05) is 40.7 Å². The molecule has 1 fully saturated rings. The predicted octanol–water partition coefficient (Wildman–Crippen LogP) is 3.41. The molecule has 1 aliphatic heterocycles. The third kappa shape index (κ3) is 3.27. The second-order valence-corrected chi connectivity index (χ2v) is 7.49. The van der Waals surface area contributed by atoms with Crippen molar-refractivity contribution in [3.63, 3.8) is 0 Å². The molecule has 0 unspecified atom stereocenters. The van der Waals surface area contributed by atoms with Gasteiger partial charge in [0.05, 0.1) is 6.04 Å². The Bertz CT molecular complexity index is 768. The van der Waals surface area contributed by atoms with Crippen LogP contribution in [0.15, 0.2) is 40.0 Å². The van der Waals surface area contributed by atoms with E-state index in [2.05, 4.69) is 15.9 Å². The highest BCUT2D eigenvalue weighted by molar-refractivity contribution is 9.10. The van der Waals surface area contributed by atoms with Crippen LogP contribution >= 0.6 is 15.9 Å². The van der Waals surface area contributed by atoms with Gasteiger partial charge in [-0.25, -0.2) is 0 Å². The first-order valence-electron chi connectivity index (χ1n) is 8.26. The molecule has 2 bridgehead atoms. The van der Waals surface area contributed by atoms with Crippen LogP contribution in [0.2, 0.25) is 0 Å². The summed E-state index contributed by atoms with van der Waals surface area (Å²) in [6.45, 7) is 4.72. The number of ketones is 2. The first kappa shape index (κ1) is 17.9. The molecule has 3 atom stereocenters. The lowest BCUT2D eigenvalue weighted by Crippen LogP contribution is -2.54. The molecule has 0 N–H and O–H groups in total. The van der Waals surface area contributed by atoms with Gasteiger partial charge in [-0.15, -0.1) is 0 Å². The number of Topliss-reactive ketones (excluding diaryl/α,β-unsaturated/α-hetero) is 2. The van der Waals surface area contributed by atoms with E-state index in [0.29, 0.717) is 12.0 Å². The zero-order chi connectivity index (χ0) is 18.3. The number of benzene rings is 1. The maximum atomic E-state index is 12.7. The highest BCUT2D eigenvalue weighted by Crippen LogP contribution is 2.43. The van der Waals surface area contributed by atoms with Crippen LogP contribution in [-0.2, 0) is 19.1 Å². The third-order valence-corrected chi connectivity index (χ3v) is 5.46. The summed E-state index contributed by atoms with van der Waals surface area (Å²) in [6, 6.07) is 7.35. The van der Waals surface area contributed by atoms with Crippen LogP contribution in [0.1, 0.15) is 33.6 Å². The summed E-state index contributed by atoms with van der Waals surface area (Å²) in [7, 11) is 0. The number of fused-ring (bicyclic) bond motifs is 2. The highest BCUT2D eigenvalue weighted by atomic mass is 79.9. The largest absolute Gasteiger partial charge is 0.461 e. The average Bonchev–Trinajstić information content (AvgIpc) is 2.52. The Balaban J connectivity index is 2.10. The Morgan fingerprint density at radius 2 is 1.84 bits per heavy atom. The minimum Gasteiger partial charge on any atom is -0.461 e. The van der Waals surface area contributed by atoms with E-state index < -0.39 is 12.1 Å². The quantitative estimate of drug-likeness (QED) is 0.720. The SMILES string of the molecule is CC(=O)O[C@@H]1CC(=O)[C@H]2C[C@@H]1C(C(C)=O)=C(C)N2c1ccc(Br)cc1. The van der Waals surface area contributed by atoms with Crippen molar-refractivity contribution >= 4 is 39.2 Å². The fourth-order valence-corrected chi connectivity index (χ4v) is 4.28. The van der Waals surface area contributed by atoms with Crippen molar-refractivity contribution < 1.29 is 19.1 Å². The Labute approximate surface area is 155 Å². The summed E-state index contributed by atoms with van der Waals surface area (Å²) in [5.74, 6) is -0.662. The molecule has 0 radical (unpaired) electrons. The number of rotatable bonds is 3. The minimum absolute atomic E-state index is 0.0346. The number of hydrogen-bond acceptors (Lipinski definition) is 5. The molecule has 1 aromatic rings. The maximum Gasteiger partial charge on any atom is 0.302 e. The van der Waals surface area contributed by atoms with Gasteiger partial charge < -0.3 is 9.64 Å². The Morgan fingerprint density at radius 1 is 1.20 bits per heavy atom. The molecule has 3 rings (SSSR count). The number of hydrogen-bond donors (Lipinski definition) is 0. The average molecular weight is 406 g/mol. The molecule has 0 aromatic heterocycles. The van der Waals surface area contributed by atoms with Gasteiger partial charge in [0.1, 0.15) is 6.10 Å². The topological polar surface area (TPSA) is 63.7 Å². The smallest absolute Gasteiger partial charge is 0.302 e. The van der Waals surface area contributed by atoms with E-state index >= 15 is 0 Å². The van der Waals surface area contributed by atoms with E-state index in [4.69, 9.17) is 4.74 Å². The Morgan fingerprint density at radius 3 is 2.40 bits per heavy atom. The van der Waals surface area contributed by atoms with E-state index in [-0.39, 0.29) is 29.9 Å². The van der Waals surface area contributed by atoms with E-state index in [1.165, 1.54) is 13.8 Å². The van der Waals surface area contributed by atoms with Crippen molar-refractivity contribution in [2.45, 2.75) is 45.8 Å². The van der Waals surface area contributed by atoms with Gasteiger partial charge in [0.25, 0.3) is 0 Å². The first-order chi connectivity index (χ1) is 11.8. The maximum absolute atomic E-state index is 12.7. The van der Waals surface area contributed by atoms with Crippen molar-refractivity contribution in [2.24, 2.45) is 5.92 Å². The Hall–Kier alpha value is -1.95. The lowest BCUT2D eigenvalue weighted by Gasteiger charge is -2.47. The molecule has 0 amide bonds. The van der Waals surface area contributed by atoms with Crippen molar-refractivity contribution in [1.29, 1.82) is 0 Å². The van der Waals surface area contributed by atoms with Gasteiger partial charge in [-0.1, -0.05) is 15.9 Å². The molecule has 0 saturated heterocycles. The second kappa shape index (κ2) is 6.75. The molecule has 2 aliphatic rings. The summed E-state index contributed by atoms with van der Waals surface area (Å²) < 4.78 is 6.31. The van der Waals surface area contributed by atoms with Crippen LogP contribution < -0.4 is 4.90 Å². The summed E-state index contributed by atoms with van der Waals surface area (Å²) in [4.78, 5) is 38.4. The number of carbonyl (C=O) groups is 3. The molecule has 6 heteroatoms. The van der Waals surface area contributed by atoms with E-state index in [1.807, 2.05) is 36.1 Å². The summed E-state index contributed by atoms with van der Waals surface area (Å²) in [5.41, 5.74) is 2.29. The molecule has 1 saturated carbocycles. The van der Waals surface area contributed by atoms with Crippen molar-refractivity contribution in [2.75, 3.05) is 4.90 Å². The van der Waals surface area contributed by atoms with Crippen molar-refractivity contribution in [3.05, 3.63) is 40.0 Å².